The van der Waals surface area contributed by atoms with Crippen LogP contribution in [0.25, 0.3) is 0 Å². The van der Waals surface area contributed by atoms with Gasteiger partial charge in [-0.15, -0.1) is 0 Å². The predicted molar refractivity (Wildman–Crippen MR) is 70.6 cm³/mol. The molecule has 2 aliphatic heterocycles. The number of hydrogen-bond donors (Lipinski definition) is 1. The highest BCUT2D eigenvalue weighted by atomic mass is 16.5. The monoisotopic (exact) mass is 255 g/mol. The number of carbonyl (C=O) groups excluding carboxylic acids is 1. The Morgan fingerprint density at radius 2 is 2.22 bits per heavy atom. The van der Waals surface area contributed by atoms with E-state index in [9.17, 15) is 4.79 Å². The van der Waals surface area contributed by atoms with E-state index in [1.54, 1.807) is 0 Å². The zero-order chi connectivity index (χ0) is 13.1. The molecule has 0 aliphatic carbocycles. The maximum Gasteiger partial charge on any atom is 0.317 e. The molecule has 0 bridgehead atoms. The molecule has 0 aromatic heterocycles. The van der Waals surface area contributed by atoms with Crippen LogP contribution >= 0.6 is 0 Å². The first-order valence-corrected chi connectivity index (χ1v) is 6.88. The van der Waals surface area contributed by atoms with Crippen molar-refractivity contribution in [2.45, 2.75) is 31.9 Å². The van der Waals surface area contributed by atoms with Gasteiger partial charge in [-0.3, -0.25) is 0 Å². The second-order valence-electron chi connectivity index (χ2n) is 5.78. The van der Waals surface area contributed by atoms with E-state index >= 15 is 0 Å². The lowest BCUT2D eigenvalue weighted by Gasteiger charge is -2.22. The summed E-state index contributed by atoms with van der Waals surface area (Å²) in [5.74, 6) is 0.614. The van der Waals surface area contributed by atoms with Gasteiger partial charge in [0.15, 0.2) is 0 Å². The van der Waals surface area contributed by atoms with Gasteiger partial charge in [0.2, 0.25) is 0 Å². The van der Waals surface area contributed by atoms with Gasteiger partial charge in [-0.1, -0.05) is 0 Å². The van der Waals surface area contributed by atoms with Gasteiger partial charge < -0.3 is 19.9 Å². The van der Waals surface area contributed by atoms with Crippen molar-refractivity contribution in [2.75, 3.05) is 40.3 Å². The fourth-order valence-electron chi connectivity index (χ4n) is 2.85. The lowest BCUT2D eigenvalue weighted by molar-refractivity contribution is 0.112. The molecular weight excluding hydrogens is 230 g/mol. The normalized spacial score (nSPS) is 32.2. The zero-order valence-corrected chi connectivity index (χ0v) is 11.7. The van der Waals surface area contributed by atoms with Gasteiger partial charge in [0.05, 0.1) is 12.1 Å². The van der Waals surface area contributed by atoms with Gasteiger partial charge in [0.1, 0.15) is 0 Å². The first-order valence-electron chi connectivity index (χ1n) is 6.88. The molecule has 2 rings (SSSR count). The maximum absolute atomic E-state index is 12.1. The van der Waals surface area contributed by atoms with Crippen LogP contribution in [0.3, 0.4) is 0 Å². The lowest BCUT2D eigenvalue weighted by atomic mass is 10.1. The van der Waals surface area contributed by atoms with E-state index in [4.69, 9.17) is 4.74 Å². The van der Waals surface area contributed by atoms with Crippen molar-refractivity contribution in [3.8, 4) is 0 Å². The van der Waals surface area contributed by atoms with E-state index < -0.39 is 0 Å². The summed E-state index contributed by atoms with van der Waals surface area (Å²) in [7, 11) is 4.17. The largest absolute Gasteiger partial charge is 0.376 e. The Balaban J connectivity index is 1.76. The standard InChI is InChI=1S/C13H25N3O2/c1-10-12(5-7-18-10)14-13(17)16-6-4-11(9-16)8-15(2)3/h10-12H,4-9H2,1-3H3,(H,14,17)/t10-,11+,12-/m0/s1. The molecule has 0 aromatic carbocycles. The Bertz CT molecular complexity index is 296. The zero-order valence-electron chi connectivity index (χ0n) is 11.7. The van der Waals surface area contributed by atoms with E-state index in [1.165, 1.54) is 0 Å². The third-order valence-corrected chi connectivity index (χ3v) is 3.88. The number of carbonyl (C=O) groups is 1. The number of nitrogens with one attached hydrogen (secondary N) is 1. The van der Waals surface area contributed by atoms with Crippen molar-refractivity contribution in [1.82, 2.24) is 15.1 Å². The number of urea groups is 1. The lowest BCUT2D eigenvalue weighted by Crippen LogP contribution is -2.46. The van der Waals surface area contributed by atoms with Gasteiger partial charge in [0, 0.05) is 26.2 Å². The third-order valence-electron chi connectivity index (χ3n) is 3.88. The topological polar surface area (TPSA) is 44.8 Å². The predicted octanol–water partition coefficient (Wildman–Crippen LogP) is 0.757. The van der Waals surface area contributed by atoms with Gasteiger partial charge in [-0.25, -0.2) is 4.79 Å². The molecule has 0 radical (unpaired) electrons. The summed E-state index contributed by atoms with van der Waals surface area (Å²) in [5, 5.41) is 3.09. The third kappa shape index (κ3) is 3.36. The van der Waals surface area contributed by atoms with Crippen molar-refractivity contribution < 1.29 is 9.53 Å². The average molecular weight is 255 g/mol. The molecule has 0 unspecified atom stereocenters. The molecule has 104 valence electrons. The van der Waals surface area contributed by atoms with Crippen LogP contribution in [0.5, 0.6) is 0 Å². The molecule has 5 nitrogen and oxygen atoms in total. The van der Waals surface area contributed by atoms with Crippen LogP contribution in [-0.4, -0.2) is 68.3 Å². The summed E-state index contributed by atoms with van der Waals surface area (Å²) in [5.41, 5.74) is 0. The number of hydrogen-bond acceptors (Lipinski definition) is 3. The molecule has 2 heterocycles. The van der Waals surface area contributed by atoms with E-state index in [-0.39, 0.29) is 18.2 Å². The van der Waals surface area contributed by atoms with Crippen LogP contribution in [0.4, 0.5) is 4.79 Å². The van der Waals surface area contributed by atoms with Crippen LogP contribution in [0.1, 0.15) is 19.8 Å². The van der Waals surface area contributed by atoms with Crippen molar-refractivity contribution in [1.29, 1.82) is 0 Å². The smallest absolute Gasteiger partial charge is 0.317 e. The molecule has 0 spiro atoms. The number of rotatable bonds is 3. The van der Waals surface area contributed by atoms with Crippen molar-refractivity contribution in [3.05, 3.63) is 0 Å². The Morgan fingerprint density at radius 1 is 1.44 bits per heavy atom. The molecule has 0 aromatic rings. The quantitative estimate of drug-likeness (QED) is 0.809. The Labute approximate surface area is 109 Å². The second kappa shape index (κ2) is 5.89. The fourth-order valence-corrected chi connectivity index (χ4v) is 2.85. The van der Waals surface area contributed by atoms with E-state index in [1.807, 2.05) is 11.8 Å². The first kappa shape index (κ1) is 13.6. The van der Waals surface area contributed by atoms with E-state index in [0.29, 0.717) is 5.92 Å². The first-order chi connectivity index (χ1) is 8.56. The summed E-state index contributed by atoms with van der Waals surface area (Å²) in [6, 6.07) is 0.268. The molecule has 2 saturated heterocycles. The SMILES string of the molecule is C[C@@H]1OCC[C@@H]1NC(=O)N1CC[C@H](CN(C)C)C1. The van der Waals surface area contributed by atoms with Gasteiger partial charge >= 0.3 is 6.03 Å². The molecule has 2 fully saturated rings. The van der Waals surface area contributed by atoms with Crippen LogP contribution in [0.2, 0.25) is 0 Å². The van der Waals surface area contributed by atoms with Gasteiger partial charge in [0.25, 0.3) is 0 Å². The Hall–Kier alpha value is -0.810. The van der Waals surface area contributed by atoms with Crippen molar-refractivity contribution in [3.63, 3.8) is 0 Å². The van der Waals surface area contributed by atoms with Gasteiger partial charge in [-0.05, 0) is 39.8 Å². The Kier molecular flexibility index (Phi) is 4.45. The average Bonchev–Trinajstić information content (AvgIpc) is 2.88. The molecule has 2 amide bonds. The van der Waals surface area contributed by atoms with Crippen LogP contribution in [0, 0.1) is 5.92 Å². The summed E-state index contributed by atoms with van der Waals surface area (Å²) < 4.78 is 5.46. The summed E-state index contributed by atoms with van der Waals surface area (Å²) in [6.07, 6.45) is 2.19. The molecule has 0 saturated carbocycles. The highest BCUT2D eigenvalue weighted by Gasteiger charge is 2.30. The van der Waals surface area contributed by atoms with E-state index in [0.717, 1.165) is 39.1 Å². The Morgan fingerprint density at radius 3 is 2.83 bits per heavy atom. The molecule has 2 aliphatic rings. The summed E-state index contributed by atoms with van der Waals surface area (Å²) in [6.45, 7) is 5.61. The number of ether oxygens (including phenoxy) is 1. The highest BCUT2D eigenvalue weighted by Crippen LogP contribution is 2.18. The summed E-state index contributed by atoms with van der Waals surface area (Å²) in [4.78, 5) is 16.3. The molecule has 1 N–H and O–H groups in total. The van der Waals surface area contributed by atoms with Crippen molar-refractivity contribution in [2.24, 2.45) is 5.92 Å². The number of amides is 2. The van der Waals surface area contributed by atoms with Crippen LogP contribution < -0.4 is 5.32 Å². The summed E-state index contributed by atoms with van der Waals surface area (Å²) >= 11 is 0. The number of nitrogens with zero attached hydrogens (tertiary/aromatic N) is 2. The molecule has 18 heavy (non-hydrogen) atoms. The fraction of sp³-hybridized carbons (Fsp3) is 0.923. The maximum atomic E-state index is 12.1. The second-order valence-corrected chi connectivity index (χ2v) is 5.78. The van der Waals surface area contributed by atoms with E-state index in [2.05, 4.69) is 24.3 Å². The number of likely N-dealkylation sites (tertiary alicyclic amines) is 1. The van der Waals surface area contributed by atoms with Crippen molar-refractivity contribution >= 4 is 6.03 Å². The molecule has 3 atom stereocenters. The van der Waals surface area contributed by atoms with Gasteiger partial charge in [-0.2, -0.15) is 0 Å². The minimum absolute atomic E-state index is 0.0820. The van der Waals surface area contributed by atoms with Crippen LogP contribution in [-0.2, 0) is 4.74 Å². The minimum Gasteiger partial charge on any atom is -0.376 e. The molecular formula is C13H25N3O2. The highest BCUT2D eigenvalue weighted by molar-refractivity contribution is 5.74. The van der Waals surface area contributed by atoms with Crippen LogP contribution in [0.15, 0.2) is 0 Å². The minimum atomic E-state index is 0.0820. The molecule has 5 heteroatoms.